The van der Waals surface area contributed by atoms with Crippen LogP contribution in [0.5, 0.6) is 5.19 Å². The maximum Gasteiger partial charge on any atom is 0.296 e. The lowest BCUT2D eigenvalue weighted by molar-refractivity contribution is 0.303. The van der Waals surface area contributed by atoms with Gasteiger partial charge in [-0.2, -0.15) is 0 Å². The van der Waals surface area contributed by atoms with Crippen molar-refractivity contribution >= 4 is 39.8 Å². The van der Waals surface area contributed by atoms with Crippen molar-refractivity contribution in [3.05, 3.63) is 30.1 Å². The number of para-hydroxylation sites is 1. The molecule has 0 aliphatic heterocycles. The van der Waals surface area contributed by atoms with Gasteiger partial charge in [0, 0.05) is 5.56 Å². The molecule has 1 aromatic carbocycles. The van der Waals surface area contributed by atoms with E-state index in [1.165, 1.54) is 21.6 Å². The highest BCUT2D eigenvalue weighted by atomic mass is 32.2. The van der Waals surface area contributed by atoms with Gasteiger partial charge in [0.25, 0.3) is 5.19 Å². The van der Waals surface area contributed by atoms with Crippen LogP contribution in [-0.2, 0) is 6.61 Å². The zero-order chi connectivity index (χ0) is 13.2. The maximum atomic E-state index is 12.7. The Morgan fingerprint density at radius 1 is 1.42 bits per heavy atom. The summed E-state index contributed by atoms with van der Waals surface area (Å²) in [7, 11) is 0. The Labute approximate surface area is 115 Å². The van der Waals surface area contributed by atoms with E-state index in [1.807, 2.05) is 12.1 Å². The van der Waals surface area contributed by atoms with Crippen LogP contribution >= 0.6 is 23.7 Å². The highest BCUT2D eigenvalue weighted by Gasteiger charge is 2.09. The van der Waals surface area contributed by atoms with Gasteiger partial charge < -0.3 is 10.5 Å². The third-order valence-corrected chi connectivity index (χ3v) is 3.58. The number of benzene rings is 1. The van der Waals surface area contributed by atoms with E-state index in [4.69, 9.17) is 10.5 Å². The fraction of sp³-hybridized carbons (Fsp3) is 0.100. The molecule has 0 bridgehead atoms. The number of halogens is 1. The van der Waals surface area contributed by atoms with E-state index < -0.39 is 0 Å². The molecule has 0 amide bonds. The Morgan fingerprint density at radius 3 is 3.05 bits per heavy atom. The van der Waals surface area contributed by atoms with Gasteiger partial charge in [0.1, 0.15) is 12.9 Å². The minimum Gasteiger partial charge on any atom is -0.464 e. The summed E-state index contributed by atoms with van der Waals surface area (Å²) in [6.45, 7) is 0.278. The van der Waals surface area contributed by atoms with Gasteiger partial charge in [-0.1, -0.05) is 17.2 Å². The average molecular weight is 297 g/mol. The summed E-state index contributed by atoms with van der Waals surface area (Å²) < 4.78 is 19.5. The summed E-state index contributed by atoms with van der Waals surface area (Å²) in [6, 6.07) is 5.48. The quantitative estimate of drug-likeness (QED) is 0.796. The number of nitrogens with zero attached hydrogens (tertiary/aromatic N) is 4. The van der Waals surface area contributed by atoms with Crippen molar-refractivity contribution in [3.8, 4) is 5.19 Å². The van der Waals surface area contributed by atoms with Crippen LogP contribution in [0.15, 0.2) is 24.5 Å². The summed E-state index contributed by atoms with van der Waals surface area (Å²) >= 11 is 1.27. The Hall–Kier alpha value is -1.87. The summed E-state index contributed by atoms with van der Waals surface area (Å²) in [6.07, 6.45) is 1.43. The van der Waals surface area contributed by atoms with Gasteiger partial charge in [0.15, 0.2) is 12.3 Å². The number of nitrogen functional groups attached to an aromatic ring is 1. The molecule has 0 spiro atoms. The van der Waals surface area contributed by atoms with Gasteiger partial charge >= 0.3 is 0 Å². The molecule has 6 nitrogen and oxygen atoms in total. The summed E-state index contributed by atoms with van der Waals surface area (Å²) in [5, 5.41) is 8.17. The average Bonchev–Trinajstić information content (AvgIpc) is 3.02. The molecule has 0 saturated carbocycles. The SMILES string of the molecule is Nc1nnc(OCc2cccc3c2ncn3SF)s1. The largest absolute Gasteiger partial charge is 0.464 e. The summed E-state index contributed by atoms with van der Waals surface area (Å²) in [5.41, 5.74) is 7.71. The van der Waals surface area contributed by atoms with Crippen molar-refractivity contribution in [3.63, 3.8) is 0 Å². The van der Waals surface area contributed by atoms with Gasteiger partial charge in [0.2, 0.25) is 5.13 Å². The molecule has 9 heteroatoms. The number of ether oxygens (including phenoxy) is 1. The van der Waals surface area contributed by atoms with E-state index >= 15 is 0 Å². The number of fused-ring (bicyclic) bond motifs is 1. The third kappa shape index (κ3) is 2.34. The topological polar surface area (TPSA) is 78.8 Å². The molecular weight excluding hydrogens is 289 g/mol. The van der Waals surface area contributed by atoms with Gasteiger partial charge in [0.05, 0.1) is 11.0 Å². The number of anilines is 1. The van der Waals surface area contributed by atoms with Crippen LogP contribution in [0.4, 0.5) is 9.02 Å². The van der Waals surface area contributed by atoms with Gasteiger partial charge in [-0.25, -0.2) is 8.96 Å². The molecule has 19 heavy (non-hydrogen) atoms. The second-order valence-electron chi connectivity index (χ2n) is 3.62. The number of hydrogen-bond donors (Lipinski definition) is 1. The molecule has 2 aromatic heterocycles. The van der Waals surface area contributed by atoms with E-state index in [2.05, 4.69) is 15.2 Å². The molecule has 3 rings (SSSR count). The lowest BCUT2D eigenvalue weighted by Crippen LogP contribution is -1.96. The fourth-order valence-corrected chi connectivity index (χ4v) is 2.43. The molecule has 0 fully saturated rings. The molecule has 0 aliphatic carbocycles. The Kier molecular flexibility index (Phi) is 3.22. The second-order valence-corrected chi connectivity index (χ2v) is 5.12. The number of hydrogen-bond acceptors (Lipinski definition) is 7. The minimum atomic E-state index is 0.108. The third-order valence-electron chi connectivity index (χ3n) is 2.48. The van der Waals surface area contributed by atoms with Gasteiger partial charge in [-0.15, -0.1) is 8.98 Å². The van der Waals surface area contributed by atoms with Gasteiger partial charge in [-0.3, -0.25) is 0 Å². The minimum absolute atomic E-state index is 0.108. The molecular formula is C10H8FN5OS2. The molecule has 0 unspecified atom stereocenters. The van der Waals surface area contributed by atoms with E-state index in [1.54, 1.807) is 6.07 Å². The highest BCUT2D eigenvalue weighted by Crippen LogP contribution is 2.24. The first kappa shape index (κ1) is 12.2. The number of imidazole rings is 1. The van der Waals surface area contributed by atoms with Gasteiger partial charge in [-0.05, 0) is 17.4 Å². The molecule has 2 heterocycles. The fourth-order valence-electron chi connectivity index (χ4n) is 1.67. The van der Waals surface area contributed by atoms with Crippen molar-refractivity contribution < 1.29 is 8.62 Å². The molecule has 2 N–H and O–H groups in total. The lowest BCUT2D eigenvalue weighted by atomic mass is 10.2. The lowest BCUT2D eigenvalue weighted by Gasteiger charge is -2.03. The van der Waals surface area contributed by atoms with Crippen LogP contribution in [0.2, 0.25) is 0 Å². The summed E-state index contributed by atoms with van der Waals surface area (Å²) in [5.74, 6) is 0. The standard InChI is InChI=1S/C10H8FN5OS2/c11-19-16-5-13-8-6(2-1-3-7(8)16)4-17-10-15-14-9(12)18-10/h1-3,5H,4H2,(H2,12,14). The maximum absolute atomic E-state index is 12.7. The van der Waals surface area contributed by atoms with Crippen LogP contribution in [0, 0.1) is 0 Å². The van der Waals surface area contributed by atoms with E-state index in [-0.39, 0.29) is 18.9 Å². The predicted molar refractivity (Wildman–Crippen MR) is 72.5 cm³/mol. The smallest absolute Gasteiger partial charge is 0.296 e. The van der Waals surface area contributed by atoms with Crippen molar-refractivity contribution in [2.45, 2.75) is 6.61 Å². The number of rotatable bonds is 4. The zero-order valence-corrected chi connectivity index (χ0v) is 11.1. The molecule has 0 atom stereocenters. The molecule has 0 radical (unpaired) electrons. The molecule has 3 aromatic rings. The highest BCUT2D eigenvalue weighted by molar-refractivity contribution is 7.92. The van der Waals surface area contributed by atoms with E-state index in [0.29, 0.717) is 21.4 Å². The monoisotopic (exact) mass is 297 g/mol. The molecule has 98 valence electrons. The molecule has 0 saturated heterocycles. The van der Waals surface area contributed by atoms with Crippen molar-refractivity contribution in [1.82, 2.24) is 19.2 Å². The van der Waals surface area contributed by atoms with Crippen LogP contribution in [0.25, 0.3) is 11.0 Å². The van der Waals surface area contributed by atoms with Crippen LogP contribution in [0.1, 0.15) is 5.56 Å². The first-order valence-electron chi connectivity index (χ1n) is 5.23. The predicted octanol–water partition coefficient (Wildman–Crippen LogP) is 2.43. The van der Waals surface area contributed by atoms with E-state index in [9.17, 15) is 3.89 Å². The number of aromatic nitrogens is 4. The zero-order valence-electron chi connectivity index (χ0n) is 9.49. The Morgan fingerprint density at radius 2 is 2.32 bits per heavy atom. The normalized spacial score (nSPS) is 11.0. The Bertz CT molecular complexity index is 713. The van der Waals surface area contributed by atoms with Crippen LogP contribution in [0.3, 0.4) is 0 Å². The van der Waals surface area contributed by atoms with Crippen molar-refractivity contribution in [2.24, 2.45) is 0 Å². The second kappa shape index (κ2) is 5.02. The first-order chi connectivity index (χ1) is 9.28. The van der Waals surface area contributed by atoms with Crippen molar-refractivity contribution in [2.75, 3.05) is 5.73 Å². The summed E-state index contributed by atoms with van der Waals surface area (Å²) in [4.78, 5) is 4.17. The van der Waals surface area contributed by atoms with Crippen LogP contribution in [-0.4, -0.2) is 19.2 Å². The first-order valence-corrected chi connectivity index (χ1v) is 6.73. The van der Waals surface area contributed by atoms with Crippen molar-refractivity contribution in [1.29, 1.82) is 0 Å². The Balaban J connectivity index is 1.86. The van der Waals surface area contributed by atoms with E-state index in [0.717, 1.165) is 5.56 Å². The van der Waals surface area contributed by atoms with Crippen LogP contribution < -0.4 is 10.5 Å². The molecule has 0 aliphatic rings. The number of nitrogens with two attached hydrogens (primary N) is 1.